The van der Waals surface area contributed by atoms with E-state index in [9.17, 15) is 4.79 Å². The molecule has 0 saturated heterocycles. The molecule has 0 radical (unpaired) electrons. The number of carbonyl (C=O) groups is 1. The van der Waals surface area contributed by atoms with Crippen molar-refractivity contribution in [3.05, 3.63) is 72.6 Å². The number of urea groups is 1. The molecular formula is C19H18N6O. The Morgan fingerprint density at radius 3 is 2.92 bits per heavy atom. The molecular weight excluding hydrogens is 328 g/mol. The van der Waals surface area contributed by atoms with Crippen LogP contribution in [0.2, 0.25) is 0 Å². The van der Waals surface area contributed by atoms with Crippen LogP contribution in [0.5, 0.6) is 0 Å². The molecule has 0 saturated carbocycles. The summed E-state index contributed by atoms with van der Waals surface area (Å²) in [6.07, 6.45) is 4.77. The van der Waals surface area contributed by atoms with Gasteiger partial charge in [0.25, 0.3) is 0 Å². The second kappa shape index (κ2) is 8.44. The van der Waals surface area contributed by atoms with Crippen LogP contribution < -0.4 is 10.6 Å². The molecule has 7 heteroatoms. The van der Waals surface area contributed by atoms with Crippen molar-refractivity contribution < 1.29 is 4.79 Å². The lowest BCUT2D eigenvalue weighted by atomic mass is 10.2. The van der Waals surface area contributed by atoms with Crippen LogP contribution in [0.3, 0.4) is 0 Å². The number of nitrogens with one attached hydrogen (secondary N) is 2. The van der Waals surface area contributed by atoms with E-state index in [4.69, 9.17) is 0 Å². The van der Waals surface area contributed by atoms with Crippen LogP contribution in [-0.2, 0) is 6.54 Å². The predicted octanol–water partition coefficient (Wildman–Crippen LogP) is 2.28. The topological polar surface area (TPSA) is 84.7 Å². The Morgan fingerprint density at radius 1 is 1.23 bits per heavy atom. The fraction of sp³-hybridized carbons (Fsp3) is 0.158. The maximum absolute atomic E-state index is 12.1. The first kappa shape index (κ1) is 17.2. The van der Waals surface area contributed by atoms with E-state index in [1.807, 2.05) is 49.4 Å². The largest absolute Gasteiger partial charge is 0.334 e. The number of anilines is 1. The van der Waals surface area contributed by atoms with Gasteiger partial charge >= 0.3 is 6.03 Å². The Hall–Kier alpha value is -3.66. The Balaban J connectivity index is 1.58. The van der Waals surface area contributed by atoms with Crippen molar-refractivity contribution in [1.82, 2.24) is 25.1 Å². The minimum absolute atomic E-state index is 0.0937. The highest BCUT2D eigenvalue weighted by atomic mass is 16.2. The van der Waals surface area contributed by atoms with Crippen molar-refractivity contribution in [2.75, 3.05) is 5.32 Å². The Morgan fingerprint density at radius 2 is 2.15 bits per heavy atom. The van der Waals surface area contributed by atoms with Crippen LogP contribution in [0, 0.1) is 11.8 Å². The second-order valence-electron chi connectivity index (χ2n) is 5.66. The zero-order valence-electron chi connectivity index (χ0n) is 14.3. The van der Waals surface area contributed by atoms with Gasteiger partial charge in [0.15, 0.2) is 0 Å². The predicted molar refractivity (Wildman–Crippen MR) is 98.3 cm³/mol. The number of hydrogen-bond donors (Lipinski definition) is 2. The lowest BCUT2D eigenvalue weighted by molar-refractivity contribution is 0.247. The van der Waals surface area contributed by atoms with Gasteiger partial charge in [-0.1, -0.05) is 18.1 Å². The van der Waals surface area contributed by atoms with Crippen LogP contribution in [-0.4, -0.2) is 31.8 Å². The molecule has 130 valence electrons. The van der Waals surface area contributed by atoms with Crippen LogP contribution in [0.15, 0.2) is 61.3 Å². The van der Waals surface area contributed by atoms with Gasteiger partial charge in [-0.25, -0.2) is 14.8 Å². The van der Waals surface area contributed by atoms with Crippen LogP contribution in [0.25, 0.3) is 0 Å². The van der Waals surface area contributed by atoms with E-state index < -0.39 is 0 Å². The fourth-order valence-electron chi connectivity index (χ4n) is 2.29. The van der Waals surface area contributed by atoms with Gasteiger partial charge in [-0.2, -0.15) is 5.10 Å². The van der Waals surface area contributed by atoms with Gasteiger partial charge in [0, 0.05) is 23.5 Å². The van der Waals surface area contributed by atoms with E-state index in [1.54, 1.807) is 17.2 Å². The number of amides is 2. The Bertz CT molecular complexity index is 912. The number of aromatic nitrogens is 4. The summed E-state index contributed by atoms with van der Waals surface area (Å²) >= 11 is 0. The number of benzene rings is 1. The Labute approximate surface area is 151 Å². The summed E-state index contributed by atoms with van der Waals surface area (Å²) in [5, 5.41) is 9.69. The molecule has 0 unspecified atom stereocenters. The van der Waals surface area contributed by atoms with E-state index in [0.717, 1.165) is 5.56 Å². The third kappa shape index (κ3) is 5.18. The standard InChI is InChI=1S/C19H18N6O/c1-15(12-25-14-20-13-22-25)23-19(26)24-18-7-4-5-16(11-18)8-9-17-6-2-3-10-21-17/h2-7,10-11,13-15H,12H2,1H3,(H2,23,24,26)/t15-/m0/s1. The van der Waals surface area contributed by atoms with E-state index in [2.05, 4.69) is 37.5 Å². The van der Waals surface area contributed by atoms with E-state index in [0.29, 0.717) is 17.9 Å². The van der Waals surface area contributed by atoms with Gasteiger partial charge in [-0.3, -0.25) is 4.68 Å². The minimum atomic E-state index is -0.285. The molecule has 1 aromatic carbocycles. The minimum Gasteiger partial charge on any atom is -0.334 e. The van der Waals surface area contributed by atoms with Crippen LogP contribution in [0.4, 0.5) is 10.5 Å². The van der Waals surface area contributed by atoms with E-state index in [1.165, 1.54) is 6.33 Å². The van der Waals surface area contributed by atoms with Crippen molar-refractivity contribution in [2.24, 2.45) is 0 Å². The second-order valence-corrected chi connectivity index (χ2v) is 5.66. The zero-order valence-corrected chi connectivity index (χ0v) is 14.3. The van der Waals surface area contributed by atoms with Crippen molar-refractivity contribution in [3.63, 3.8) is 0 Å². The monoisotopic (exact) mass is 346 g/mol. The molecule has 2 heterocycles. The van der Waals surface area contributed by atoms with Crippen LogP contribution in [0.1, 0.15) is 18.2 Å². The lowest BCUT2D eigenvalue weighted by Gasteiger charge is -2.14. The Kier molecular flexibility index (Phi) is 5.58. The third-order valence-corrected chi connectivity index (χ3v) is 3.43. The number of pyridine rings is 1. The maximum atomic E-state index is 12.1. The summed E-state index contributed by atoms with van der Waals surface area (Å²) in [6, 6.07) is 12.6. The summed E-state index contributed by atoms with van der Waals surface area (Å²) in [6.45, 7) is 2.44. The van der Waals surface area contributed by atoms with Crippen molar-refractivity contribution in [3.8, 4) is 11.8 Å². The van der Waals surface area contributed by atoms with Crippen molar-refractivity contribution in [2.45, 2.75) is 19.5 Å². The zero-order chi connectivity index (χ0) is 18.2. The molecule has 3 aromatic rings. The number of rotatable bonds is 4. The summed E-state index contributed by atoms with van der Waals surface area (Å²) < 4.78 is 1.67. The molecule has 1 atom stereocenters. The molecule has 0 aliphatic carbocycles. The smallest absolute Gasteiger partial charge is 0.319 e. The number of carbonyl (C=O) groups excluding carboxylic acids is 1. The molecule has 0 fully saturated rings. The van der Waals surface area contributed by atoms with Crippen LogP contribution >= 0.6 is 0 Å². The fourth-order valence-corrected chi connectivity index (χ4v) is 2.29. The van der Waals surface area contributed by atoms with Gasteiger partial charge in [0.05, 0.1) is 6.54 Å². The molecule has 26 heavy (non-hydrogen) atoms. The molecule has 0 spiro atoms. The third-order valence-electron chi connectivity index (χ3n) is 3.43. The normalized spacial score (nSPS) is 11.1. The first-order chi connectivity index (χ1) is 12.7. The lowest BCUT2D eigenvalue weighted by Crippen LogP contribution is -2.38. The van der Waals surface area contributed by atoms with Crippen molar-refractivity contribution in [1.29, 1.82) is 0 Å². The molecule has 2 amide bonds. The highest BCUT2D eigenvalue weighted by Gasteiger charge is 2.08. The van der Waals surface area contributed by atoms with Gasteiger partial charge in [-0.15, -0.1) is 0 Å². The molecule has 0 aliphatic rings. The molecule has 0 bridgehead atoms. The summed E-state index contributed by atoms with van der Waals surface area (Å²) in [5.74, 6) is 6.04. The van der Waals surface area contributed by atoms with E-state index in [-0.39, 0.29) is 12.1 Å². The van der Waals surface area contributed by atoms with Gasteiger partial charge in [-0.05, 0) is 43.2 Å². The SMILES string of the molecule is C[C@@H](Cn1cncn1)NC(=O)Nc1cccc(C#Cc2ccccn2)c1. The first-order valence-electron chi connectivity index (χ1n) is 8.12. The molecule has 2 N–H and O–H groups in total. The summed E-state index contributed by atoms with van der Waals surface area (Å²) in [4.78, 5) is 20.2. The van der Waals surface area contributed by atoms with E-state index >= 15 is 0 Å². The average Bonchev–Trinajstić information content (AvgIpc) is 3.14. The van der Waals surface area contributed by atoms with Crippen molar-refractivity contribution >= 4 is 11.7 Å². The van der Waals surface area contributed by atoms with Gasteiger partial charge in [0.1, 0.15) is 18.3 Å². The number of nitrogens with zero attached hydrogens (tertiary/aromatic N) is 4. The highest BCUT2D eigenvalue weighted by Crippen LogP contribution is 2.10. The summed E-state index contributed by atoms with van der Waals surface area (Å²) in [7, 11) is 0. The first-order valence-corrected chi connectivity index (χ1v) is 8.12. The van der Waals surface area contributed by atoms with Gasteiger partial charge < -0.3 is 10.6 Å². The molecule has 2 aromatic heterocycles. The number of hydrogen-bond acceptors (Lipinski definition) is 4. The van der Waals surface area contributed by atoms with Gasteiger partial charge in [0.2, 0.25) is 0 Å². The quantitative estimate of drug-likeness (QED) is 0.710. The molecule has 7 nitrogen and oxygen atoms in total. The highest BCUT2D eigenvalue weighted by molar-refractivity contribution is 5.89. The summed E-state index contributed by atoms with van der Waals surface area (Å²) in [5.41, 5.74) is 2.16. The average molecular weight is 346 g/mol. The maximum Gasteiger partial charge on any atom is 0.319 e. The molecule has 0 aliphatic heterocycles. The molecule has 3 rings (SSSR count).